The normalized spacial score (nSPS) is 24.3. The number of likely N-dealkylation sites (tertiary alicyclic amines) is 1. The summed E-state index contributed by atoms with van der Waals surface area (Å²) in [6.07, 6.45) is 0. The molecule has 23 heavy (non-hydrogen) atoms. The summed E-state index contributed by atoms with van der Waals surface area (Å²) in [7, 11) is 0. The van der Waals surface area contributed by atoms with Crippen LogP contribution < -0.4 is 0 Å². The molecule has 1 aliphatic rings. The molecule has 1 fully saturated rings. The number of piperidine rings is 1. The summed E-state index contributed by atoms with van der Waals surface area (Å²) < 4.78 is 0. The van der Waals surface area contributed by atoms with E-state index in [1.807, 2.05) is 65.6 Å². The van der Waals surface area contributed by atoms with Crippen LogP contribution in [-0.2, 0) is 11.3 Å². The molecule has 2 aromatic carbocycles. The van der Waals surface area contributed by atoms with Crippen molar-refractivity contribution in [2.24, 2.45) is 11.8 Å². The highest BCUT2D eigenvalue weighted by molar-refractivity contribution is 5.83. The highest BCUT2D eigenvalue weighted by Gasteiger charge is 2.41. The predicted octanol–water partition coefficient (Wildman–Crippen LogP) is 3.59. The third kappa shape index (κ3) is 3.12. The molecular formula is C20H20N2O. The van der Waals surface area contributed by atoms with Crippen LogP contribution in [0.25, 0.3) is 0 Å². The molecule has 1 saturated heterocycles. The minimum absolute atomic E-state index is 0.0271. The first kappa shape index (κ1) is 15.3. The van der Waals surface area contributed by atoms with E-state index in [1.165, 1.54) is 0 Å². The SMILES string of the molecule is C[C@H]1CN(Cc2ccccc2)C(=O)[C@@H](C#N)[C@@H]1c1ccccc1. The molecule has 0 N–H and O–H groups in total. The summed E-state index contributed by atoms with van der Waals surface area (Å²) in [6, 6.07) is 22.1. The Bertz CT molecular complexity index is 705. The Labute approximate surface area is 137 Å². The van der Waals surface area contributed by atoms with Crippen LogP contribution in [0.2, 0.25) is 0 Å². The monoisotopic (exact) mass is 304 g/mol. The van der Waals surface area contributed by atoms with E-state index in [4.69, 9.17) is 0 Å². The van der Waals surface area contributed by atoms with Crippen molar-refractivity contribution < 1.29 is 4.79 Å². The fourth-order valence-electron chi connectivity index (χ4n) is 3.51. The van der Waals surface area contributed by atoms with Crippen LogP contribution in [0.3, 0.4) is 0 Å². The van der Waals surface area contributed by atoms with Gasteiger partial charge in [0.1, 0.15) is 5.92 Å². The standard InChI is InChI=1S/C20H20N2O/c1-15-13-22(14-16-8-4-2-5-9-16)20(23)18(12-21)19(15)17-10-6-3-7-11-17/h2-11,15,18-19H,13-14H2,1H3/t15-,18-,19-/m0/s1. The minimum atomic E-state index is -0.607. The average molecular weight is 304 g/mol. The molecule has 0 saturated carbocycles. The first-order chi connectivity index (χ1) is 11.2. The smallest absolute Gasteiger partial charge is 0.240 e. The maximum atomic E-state index is 12.8. The Morgan fingerprint density at radius 2 is 1.70 bits per heavy atom. The molecule has 2 aromatic rings. The van der Waals surface area contributed by atoms with Crippen molar-refractivity contribution in [3.8, 4) is 6.07 Å². The predicted molar refractivity (Wildman–Crippen MR) is 89.3 cm³/mol. The van der Waals surface area contributed by atoms with E-state index in [1.54, 1.807) is 0 Å². The lowest BCUT2D eigenvalue weighted by Crippen LogP contribution is -2.47. The van der Waals surface area contributed by atoms with Crippen molar-refractivity contribution in [2.75, 3.05) is 6.54 Å². The van der Waals surface area contributed by atoms with Crippen LogP contribution in [0.1, 0.15) is 24.0 Å². The number of amides is 1. The van der Waals surface area contributed by atoms with E-state index >= 15 is 0 Å². The van der Waals surface area contributed by atoms with Gasteiger partial charge in [-0.25, -0.2) is 0 Å². The number of carbonyl (C=O) groups excluding carboxylic acids is 1. The van der Waals surface area contributed by atoms with Crippen LogP contribution in [0, 0.1) is 23.2 Å². The van der Waals surface area contributed by atoms with E-state index < -0.39 is 5.92 Å². The van der Waals surface area contributed by atoms with Gasteiger partial charge in [-0.3, -0.25) is 4.79 Å². The molecule has 1 amide bonds. The first-order valence-corrected chi connectivity index (χ1v) is 7.98. The third-order valence-electron chi connectivity index (χ3n) is 4.60. The summed E-state index contributed by atoms with van der Waals surface area (Å²) in [5.41, 5.74) is 2.18. The van der Waals surface area contributed by atoms with Crippen LogP contribution >= 0.6 is 0 Å². The first-order valence-electron chi connectivity index (χ1n) is 7.98. The average Bonchev–Trinajstić information content (AvgIpc) is 2.59. The van der Waals surface area contributed by atoms with Crippen molar-refractivity contribution in [2.45, 2.75) is 19.4 Å². The molecule has 1 heterocycles. The molecule has 116 valence electrons. The maximum Gasteiger partial charge on any atom is 0.240 e. The molecule has 3 nitrogen and oxygen atoms in total. The Kier molecular flexibility index (Phi) is 4.43. The lowest BCUT2D eigenvalue weighted by atomic mass is 9.74. The lowest BCUT2D eigenvalue weighted by Gasteiger charge is -2.39. The topological polar surface area (TPSA) is 44.1 Å². The fourth-order valence-corrected chi connectivity index (χ4v) is 3.51. The molecule has 3 atom stereocenters. The second kappa shape index (κ2) is 6.66. The van der Waals surface area contributed by atoms with Crippen molar-refractivity contribution in [3.63, 3.8) is 0 Å². The minimum Gasteiger partial charge on any atom is -0.337 e. The molecule has 0 aromatic heterocycles. The molecule has 1 aliphatic heterocycles. The number of hydrogen-bond acceptors (Lipinski definition) is 2. The molecule has 0 aliphatic carbocycles. The van der Waals surface area contributed by atoms with E-state index in [0.29, 0.717) is 13.1 Å². The van der Waals surface area contributed by atoms with Gasteiger partial charge in [0.2, 0.25) is 5.91 Å². The number of rotatable bonds is 3. The summed E-state index contributed by atoms with van der Waals surface area (Å²) in [6.45, 7) is 3.39. The van der Waals surface area contributed by atoms with Crippen LogP contribution in [-0.4, -0.2) is 17.4 Å². The zero-order chi connectivity index (χ0) is 16.2. The van der Waals surface area contributed by atoms with Crippen LogP contribution in [0.5, 0.6) is 0 Å². The van der Waals surface area contributed by atoms with E-state index in [9.17, 15) is 10.1 Å². The third-order valence-corrected chi connectivity index (χ3v) is 4.60. The second-order valence-electron chi connectivity index (χ2n) is 6.22. The van der Waals surface area contributed by atoms with Gasteiger partial charge in [-0.05, 0) is 17.0 Å². The van der Waals surface area contributed by atoms with E-state index in [2.05, 4.69) is 13.0 Å². The quantitative estimate of drug-likeness (QED) is 0.870. The van der Waals surface area contributed by atoms with Crippen molar-refractivity contribution >= 4 is 5.91 Å². The van der Waals surface area contributed by atoms with E-state index in [-0.39, 0.29) is 17.7 Å². The number of benzene rings is 2. The van der Waals surface area contributed by atoms with E-state index in [0.717, 1.165) is 11.1 Å². The molecule has 0 radical (unpaired) electrons. The highest BCUT2D eigenvalue weighted by atomic mass is 16.2. The van der Waals surface area contributed by atoms with Crippen molar-refractivity contribution in [1.82, 2.24) is 4.90 Å². The second-order valence-corrected chi connectivity index (χ2v) is 6.22. The zero-order valence-corrected chi connectivity index (χ0v) is 13.2. The summed E-state index contributed by atoms with van der Waals surface area (Å²) in [4.78, 5) is 14.6. The van der Waals surface area contributed by atoms with Gasteiger partial charge in [-0.15, -0.1) is 0 Å². The van der Waals surface area contributed by atoms with Gasteiger partial charge in [-0.1, -0.05) is 67.6 Å². The number of carbonyl (C=O) groups is 1. The van der Waals surface area contributed by atoms with Crippen LogP contribution in [0.15, 0.2) is 60.7 Å². The van der Waals surface area contributed by atoms with Crippen molar-refractivity contribution in [1.29, 1.82) is 5.26 Å². The van der Waals surface area contributed by atoms with Gasteiger partial charge in [0.15, 0.2) is 0 Å². The Morgan fingerprint density at radius 3 is 2.30 bits per heavy atom. The van der Waals surface area contributed by atoms with Gasteiger partial charge in [0, 0.05) is 19.0 Å². The molecule has 3 rings (SSSR count). The number of hydrogen-bond donors (Lipinski definition) is 0. The van der Waals surface area contributed by atoms with Gasteiger partial charge in [0.25, 0.3) is 0 Å². The van der Waals surface area contributed by atoms with Gasteiger partial charge < -0.3 is 4.90 Å². The fraction of sp³-hybridized carbons (Fsp3) is 0.300. The lowest BCUT2D eigenvalue weighted by molar-refractivity contribution is -0.139. The van der Waals surface area contributed by atoms with Gasteiger partial charge in [-0.2, -0.15) is 5.26 Å². The highest BCUT2D eigenvalue weighted by Crippen LogP contribution is 2.38. The Balaban J connectivity index is 1.85. The Morgan fingerprint density at radius 1 is 1.09 bits per heavy atom. The molecule has 0 spiro atoms. The zero-order valence-electron chi connectivity index (χ0n) is 13.2. The summed E-state index contributed by atoms with van der Waals surface area (Å²) in [5, 5.41) is 9.60. The van der Waals surface area contributed by atoms with Gasteiger partial charge in [0.05, 0.1) is 6.07 Å². The number of nitrogens with zero attached hydrogens (tertiary/aromatic N) is 2. The maximum absolute atomic E-state index is 12.8. The molecule has 3 heteroatoms. The van der Waals surface area contributed by atoms with Crippen LogP contribution in [0.4, 0.5) is 0 Å². The molecule has 0 bridgehead atoms. The van der Waals surface area contributed by atoms with Crippen molar-refractivity contribution in [3.05, 3.63) is 71.8 Å². The Hall–Kier alpha value is -2.60. The largest absolute Gasteiger partial charge is 0.337 e. The summed E-state index contributed by atoms with van der Waals surface area (Å²) in [5.74, 6) is -0.433. The van der Waals surface area contributed by atoms with Gasteiger partial charge >= 0.3 is 0 Å². The summed E-state index contributed by atoms with van der Waals surface area (Å²) >= 11 is 0. The molecular weight excluding hydrogens is 284 g/mol. The molecule has 0 unspecified atom stereocenters. The number of nitriles is 1.